The number of furan rings is 1. The molecule has 0 aliphatic heterocycles. The zero-order valence-corrected chi connectivity index (χ0v) is 14.8. The van der Waals surface area contributed by atoms with Crippen molar-refractivity contribution in [3.8, 4) is 6.07 Å². The summed E-state index contributed by atoms with van der Waals surface area (Å²) >= 11 is 0. The molecule has 6 heteroatoms. The largest absolute Gasteiger partial charge is 0.463 e. The lowest BCUT2D eigenvalue weighted by atomic mass is 10.0. The van der Waals surface area contributed by atoms with Crippen LogP contribution in [-0.2, 0) is 20.9 Å². The van der Waals surface area contributed by atoms with E-state index in [1.165, 1.54) is 30.9 Å². The number of nitriles is 1. The fourth-order valence-electron chi connectivity index (χ4n) is 2.16. The first-order valence-electron chi connectivity index (χ1n) is 8.00. The molecule has 2 aromatic rings. The van der Waals surface area contributed by atoms with E-state index in [0.717, 1.165) is 5.56 Å². The number of hydrogen-bond donors (Lipinski definition) is 0. The van der Waals surface area contributed by atoms with Crippen molar-refractivity contribution in [2.45, 2.75) is 26.4 Å². The Morgan fingerprint density at radius 2 is 1.88 bits per heavy atom. The van der Waals surface area contributed by atoms with E-state index in [4.69, 9.17) is 9.15 Å². The molecule has 0 N–H and O–H groups in total. The molecule has 134 valence electrons. The first kappa shape index (κ1) is 19.0. The lowest BCUT2D eigenvalue weighted by molar-refractivity contribution is -0.140. The molecular formula is C20H19NO5. The number of nitrogens with zero attached hydrogens (tertiary/aromatic N) is 1. The minimum atomic E-state index is -0.767. The molecule has 0 aliphatic carbocycles. The molecule has 0 atom stereocenters. The molecule has 1 aromatic carbocycles. The smallest absolute Gasteiger partial charge is 0.373 e. The van der Waals surface area contributed by atoms with Gasteiger partial charge in [-0.25, -0.2) is 9.59 Å². The Morgan fingerprint density at radius 1 is 1.19 bits per heavy atom. The molecule has 6 nitrogen and oxygen atoms in total. The number of carbonyl (C=O) groups excluding carboxylic acids is 2. The summed E-state index contributed by atoms with van der Waals surface area (Å²) in [6.07, 6.45) is 1.47. The predicted molar refractivity (Wildman–Crippen MR) is 94.0 cm³/mol. The highest BCUT2D eigenvalue weighted by Crippen LogP contribution is 2.17. The maximum absolute atomic E-state index is 12.1. The second-order valence-corrected chi connectivity index (χ2v) is 5.82. The highest BCUT2D eigenvalue weighted by Gasteiger charge is 2.15. The summed E-state index contributed by atoms with van der Waals surface area (Å²) in [7, 11) is 1.24. The van der Waals surface area contributed by atoms with E-state index in [2.05, 4.69) is 18.6 Å². The SMILES string of the molecule is COC(=O)c1ccc(COC(=O)/C(C#N)=C/c2ccc(C(C)C)cc2)o1. The van der Waals surface area contributed by atoms with Gasteiger partial charge in [0.2, 0.25) is 5.76 Å². The molecule has 0 radical (unpaired) electrons. The molecule has 0 saturated carbocycles. The van der Waals surface area contributed by atoms with Crippen molar-refractivity contribution in [1.82, 2.24) is 0 Å². The third-order valence-corrected chi connectivity index (χ3v) is 3.65. The van der Waals surface area contributed by atoms with Gasteiger partial charge in [0.25, 0.3) is 0 Å². The van der Waals surface area contributed by atoms with Gasteiger partial charge < -0.3 is 13.9 Å². The van der Waals surface area contributed by atoms with E-state index in [9.17, 15) is 14.9 Å². The third kappa shape index (κ3) is 4.84. The average molecular weight is 353 g/mol. The molecule has 0 bridgehead atoms. The predicted octanol–water partition coefficient (Wildman–Crippen LogP) is 3.84. The second kappa shape index (κ2) is 8.67. The van der Waals surface area contributed by atoms with Crippen LogP contribution >= 0.6 is 0 Å². The quantitative estimate of drug-likeness (QED) is 0.445. The maximum atomic E-state index is 12.1. The van der Waals surface area contributed by atoms with Gasteiger partial charge in [-0.15, -0.1) is 0 Å². The number of ether oxygens (including phenoxy) is 2. The third-order valence-electron chi connectivity index (χ3n) is 3.65. The zero-order chi connectivity index (χ0) is 19.1. The van der Waals surface area contributed by atoms with E-state index in [0.29, 0.717) is 5.92 Å². The highest BCUT2D eigenvalue weighted by atomic mass is 16.5. The Bertz CT molecular complexity index is 853. The van der Waals surface area contributed by atoms with E-state index in [1.54, 1.807) is 0 Å². The van der Waals surface area contributed by atoms with Gasteiger partial charge >= 0.3 is 11.9 Å². The van der Waals surface area contributed by atoms with Crippen LogP contribution in [0.3, 0.4) is 0 Å². The summed E-state index contributed by atoms with van der Waals surface area (Å²) in [5.74, 6) is -0.699. The van der Waals surface area contributed by atoms with Gasteiger partial charge in [0, 0.05) is 0 Å². The Hall–Kier alpha value is -3.33. The average Bonchev–Trinajstić information content (AvgIpc) is 3.12. The zero-order valence-electron chi connectivity index (χ0n) is 14.8. The summed E-state index contributed by atoms with van der Waals surface area (Å²) in [4.78, 5) is 23.4. The van der Waals surface area contributed by atoms with Crippen LogP contribution in [0.1, 0.15) is 47.2 Å². The molecule has 0 spiro atoms. The first-order chi connectivity index (χ1) is 12.4. The maximum Gasteiger partial charge on any atom is 0.373 e. The topological polar surface area (TPSA) is 89.5 Å². The molecule has 0 saturated heterocycles. The van der Waals surface area contributed by atoms with Crippen LogP contribution in [0, 0.1) is 11.3 Å². The van der Waals surface area contributed by atoms with Crippen LogP contribution in [0.5, 0.6) is 0 Å². The monoisotopic (exact) mass is 353 g/mol. The molecule has 1 heterocycles. The Kier molecular flexibility index (Phi) is 6.34. The number of methoxy groups -OCH3 is 1. The molecule has 2 rings (SSSR count). The van der Waals surface area contributed by atoms with Gasteiger partial charge in [-0.05, 0) is 35.3 Å². The molecule has 0 aliphatic rings. The standard InChI is InChI=1S/C20H19NO5/c1-13(2)15-6-4-14(5-7-15)10-16(11-21)19(22)25-12-17-8-9-18(26-17)20(23)24-3/h4-10,13H,12H2,1-3H3/b16-10+. The fourth-order valence-corrected chi connectivity index (χ4v) is 2.16. The second-order valence-electron chi connectivity index (χ2n) is 5.82. The van der Waals surface area contributed by atoms with E-state index in [-0.39, 0.29) is 23.7 Å². The van der Waals surface area contributed by atoms with Crippen molar-refractivity contribution in [2.24, 2.45) is 0 Å². The molecular weight excluding hydrogens is 334 g/mol. The number of carbonyl (C=O) groups is 2. The minimum Gasteiger partial charge on any atom is -0.463 e. The van der Waals surface area contributed by atoms with Crippen molar-refractivity contribution >= 4 is 18.0 Å². The minimum absolute atomic E-state index is 0.0137. The molecule has 0 fully saturated rings. The van der Waals surface area contributed by atoms with Crippen LogP contribution < -0.4 is 0 Å². The van der Waals surface area contributed by atoms with Crippen LogP contribution in [-0.4, -0.2) is 19.0 Å². The van der Waals surface area contributed by atoms with Crippen LogP contribution in [0.15, 0.2) is 46.4 Å². The van der Waals surface area contributed by atoms with Crippen LogP contribution in [0.2, 0.25) is 0 Å². The molecule has 26 heavy (non-hydrogen) atoms. The molecule has 1 aromatic heterocycles. The van der Waals surface area contributed by atoms with E-state index in [1.807, 2.05) is 30.3 Å². The molecule has 0 unspecified atom stereocenters. The summed E-state index contributed by atoms with van der Waals surface area (Å²) in [6.45, 7) is 3.98. The van der Waals surface area contributed by atoms with Crippen LogP contribution in [0.25, 0.3) is 6.08 Å². The highest BCUT2D eigenvalue weighted by molar-refractivity contribution is 5.97. The Labute approximate surface area is 151 Å². The van der Waals surface area contributed by atoms with Crippen molar-refractivity contribution in [3.05, 3.63) is 64.6 Å². The summed E-state index contributed by atoms with van der Waals surface area (Å²) in [5.41, 5.74) is 1.78. The number of esters is 2. The van der Waals surface area contributed by atoms with Gasteiger partial charge in [-0.3, -0.25) is 0 Å². The fraction of sp³-hybridized carbons (Fsp3) is 0.250. The number of hydrogen-bond acceptors (Lipinski definition) is 6. The van der Waals surface area contributed by atoms with Gasteiger partial charge in [0.1, 0.15) is 24.0 Å². The lowest BCUT2D eigenvalue weighted by Gasteiger charge is -2.05. The molecule has 0 amide bonds. The van der Waals surface area contributed by atoms with Crippen molar-refractivity contribution < 1.29 is 23.5 Å². The first-order valence-corrected chi connectivity index (χ1v) is 8.00. The van der Waals surface area contributed by atoms with Gasteiger partial charge in [-0.1, -0.05) is 38.1 Å². The van der Waals surface area contributed by atoms with E-state index >= 15 is 0 Å². The van der Waals surface area contributed by atoms with Crippen molar-refractivity contribution in [2.75, 3.05) is 7.11 Å². The lowest BCUT2D eigenvalue weighted by Crippen LogP contribution is -2.06. The van der Waals surface area contributed by atoms with E-state index < -0.39 is 11.9 Å². The van der Waals surface area contributed by atoms with Crippen LogP contribution in [0.4, 0.5) is 0 Å². The van der Waals surface area contributed by atoms with Crippen molar-refractivity contribution in [3.63, 3.8) is 0 Å². The number of rotatable bonds is 6. The Morgan fingerprint density at radius 3 is 2.46 bits per heavy atom. The summed E-state index contributed by atoms with van der Waals surface area (Å²) in [5, 5.41) is 9.20. The Balaban J connectivity index is 2.03. The summed E-state index contributed by atoms with van der Waals surface area (Å²) in [6, 6.07) is 12.4. The van der Waals surface area contributed by atoms with Gasteiger partial charge in [0.15, 0.2) is 0 Å². The van der Waals surface area contributed by atoms with Crippen molar-refractivity contribution in [1.29, 1.82) is 5.26 Å². The summed E-state index contributed by atoms with van der Waals surface area (Å²) < 4.78 is 14.8. The normalized spacial score (nSPS) is 11.1. The van der Waals surface area contributed by atoms with Gasteiger partial charge in [-0.2, -0.15) is 5.26 Å². The number of benzene rings is 1. The van der Waals surface area contributed by atoms with Gasteiger partial charge in [0.05, 0.1) is 7.11 Å².